The summed E-state index contributed by atoms with van der Waals surface area (Å²) in [5, 5.41) is 7.97. The van der Waals surface area contributed by atoms with Crippen LogP contribution < -0.4 is 0 Å². The minimum Gasteiger partial charge on any atom is -0.481 e. The second kappa shape index (κ2) is 4.14. The molecular weight excluding hydrogens is 147 g/mol. The van der Waals surface area contributed by atoms with Crippen molar-refractivity contribution < 1.29 is 19.4 Å². The lowest BCUT2D eigenvalue weighted by Gasteiger charge is -1.93. The van der Waals surface area contributed by atoms with Crippen molar-refractivity contribution in [3.63, 3.8) is 0 Å². The highest BCUT2D eigenvalue weighted by Gasteiger charge is 2.06. The highest BCUT2D eigenvalue weighted by molar-refractivity contribution is 6.17. The molecule has 0 amide bonds. The molecule has 52 valence electrons. The summed E-state index contributed by atoms with van der Waals surface area (Å²) >= 11 is 4.94. The highest BCUT2D eigenvalue weighted by Crippen LogP contribution is 1.87. The second-order valence-corrected chi connectivity index (χ2v) is 1.41. The Morgan fingerprint density at radius 2 is 2.11 bits per heavy atom. The number of hydrogen-bond donors (Lipinski definition) is 1. The van der Waals surface area contributed by atoms with Crippen LogP contribution in [0.2, 0.25) is 0 Å². The number of carbonyl (C=O) groups excluding carboxylic acids is 1. The Hall–Kier alpha value is -0.770. The first-order valence-electron chi connectivity index (χ1n) is 2.10. The summed E-state index contributed by atoms with van der Waals surface area (Å²) in [4.78, 5) is 19.9. The molecule has 0 spiro atoms. The molecule has 0 aromatic carbocycles. The Morgan fingerprint density at radius 3 is 2.44 bits per heavy atom. The van der Waals surface area contributed by atoms with E-state index in [0.717, 1.165) is 0 Å². The van der Waals surface area contributed by atoms with Crippen LogP contribution in [0.4, 0.5) is 0 Å². The molecule has 0 radical (unpaired) electrons. The molecule has 0 aromatic rings. The Labute approximate surface area is 56.4 Å². The number of carboxylic acids is 1. The molecule has 0 atom stereocenters. The Kier molecular flexibility index (Phi) is 3.79. The van der Waals surface area contributed by atoms with Gasteiger partial charge in [-0.2, -0.15) is 0 Å². The molecule has 0 saturated heterocycles. The number of esters is 1. The largest absolute Gasteiger partial charge is 0.481 e. The van der Waals surface area contributed by atoms with Crippen LogP contribution >= 0.6 is 11.6 Å². The van der Waals surface area contributed by atoms with Crippen LogP contribution in [-0.2, 0) is 14.3 Å². The summed E-state index contributed by atoms with van der Waals surface area (Å²) in [6, 6.07) is -0.299. The van der Waals surface area contributed by atoms with Gasteiger partial charge in [0.2, 0.25) is 0 Å². The zero-order valence-electron chi connectivity index (χ0n) is 4.46. The molecule has 0 aliphatic rings. The third kappa shape index (κ3) is 5.10. The van der Waals surface area contributed by atoms with E-state index >= 15 is 0 Å². The molecule has 0 rings (SSSR count). The van der Waals surface area contributed by atoms with Crippen molar-refractivity contribution in [1.29, 1.82) is 0 Å². The van der Waals surface area contributed by atoms with Gasteiger partial charge in [0.15, 0.2) is 6.07 Å². The normalized spacial score (nSPS) is 8.56. The van der Waals surface area contributed by atoms with Gasteiger partial charge in [0.25, 0.3) is 0 Å². The molecule has 5 heteroatoms. The highest BCUT2D eigenvalue weighted by atomic mass is 35.5. The van der Waals surface area contributed by atoms with E-state index in [4.69, 9.17) is 16.7 Å². The van der Waals surface area contributed by atoms with Crippen molar-refractivity contribution >= 4 is 23.5 Å². The van der Waals surface area contributed by atoms with E-state index in [1.165, 1.54) is 0 Å². The summed E-state index contributed by atoms with van der Waals surface area (Å²) in [6.07, 6.45) is -0.632. The number of halogens is 1. The van der Waals surface area contributed by atoms with Crippen LogP contribution in [0.25, 0.3) is 0 Å². The monoisotopic (exact) mass is 152 g/mol. The minimum absolute atomic E-state index is 0.299. The van der Waals surface area contributed by atoms with Gasteiger partial charge in [0.05, 0.1) is 0 Å². The fourth-order valence-corrected chi connectivity index (χ4v) is 0.357. The molecule has 0 aliphatic carbocycles. The third-order valence-corrected chi connectivity index (χ3v) is 0.620. The van der Waals surface area contributed by atoms with E-state index in [1.54, 1.807) is 0 Å². The Bertz CT molecular complexity index is 122. The predicted octanol–water partition coefficient (Wildman–Crippen LogP) is 0.201. The number of ether oxygens (including phenoxy) is 1. The van der Waals surface area contributed by atoms with Gasteiger partial charge in [0.1, 0.15) is 6.42 Å². The molecule has 0 bridgehead atoms. The number of rotatable bonds is 3. The van der Waals surface area contributed by atoms with Crippen LogP contribution in [0, 0.1) is 0 Å². The van der Waals surface area contributed by atoms with Gasteiger partial charge < -0.3 is 9.84 Å². The Balaban J connectivity index is 3.39. The summed E-state index contributed by atoms with van der Waals surface area (Å²) in [7, 11) is 0. The van der Waals surface area contributed by atoms with E-state index in [-0.39, 0.29) is 6.07 Å². The number of hydrogen-bond acceptors (Lipinski definition) is 3. The molecule has 0 aliphatic heterocycles. The van der Waals surface area contributed by atoms with Crippen LogP contribution in [0.15, 0.2) is 0 Å². The lowest BCUT2D eigenvalue weighted by molar-refractivity contribution is -0.149. The summed E-state index contributed by atoms with van der Waals surface area (Å²) in [6.45, 7) is 0. The third-order valence-electron chi connectivity index (χ3n) is 0.511. The topological polar surface area (TPSA) is 63.6 Å². The van der Waals surface area contributed by atoms with Gasteiger partial charge in [0, 0.05) is 0 Å². The van der Waals surface area contributed by atoms with Crippen molar-refractivity contribution in [2.45, 2.75) is 6.42 Å². The van der Waals surface area contributed by atoms with Crippen molar-refractivity contribution in [3.05, 3.63) is 0 Å². The van der Waals surface area contributed by atoms with E-state index in [9.17, 15) is 9.59 Å². The van der Waals surface area contributed by atoms with Gasteiger partial charge >= 0.3 is 11.9 Å². The van der Waals surface area contributed by atoms with Crippen LogP contribution in [0.1, 0.15) is 6.42 Å². The fraction of sp³-hybridized carbons (Fsp3) is 0.500. The van der Waals surface area contributed by atoms with Crippen molar-refractivity contribution in [2.75, 3.05) is 6.07 Å². The smallest absolute Gasteiger partial charge is 0.318 e. The van der Waals surface area contributed by atoms with Gasteiger partial charge in [-0.1, -0.05) is 11.6 Å². The zero-order valence-corrected chi connectivity index (χ0v) is 5.22. The SMILES string of the molecule is O=C(O)CC(=O)OCCl. The van der Waals surface area contributed by atoms with Gasteiger partial charge in [-0.15, -0.1) is 0 Å². The molecule has 9 heavy (non-hydrogen) atoms. The number of aliphatic carboxylic acids is 1. The summed E-state index contributed by atoms with van der Waals surface area (Å²) < 4.78 is 4.10. The van der Waals surface area contributed by atoms with Gasteiger partial charge in [-0.3, -0.25) is 9.59 Å². The lowest BCUT2D eigenvalue weighted by Crippen LogP contribution is -2.09. The summed E-state index contributed by atoms with van der Waals surface area (Å²) in [5.74, 6) is -2.04. The maximum absolute atomic E-state index is 10.2. The predicted molar refractivity (Wildman–Crippen MR) is 29.1 cm³/mol. The average molecular weight is 153 g/mol. The second-order valence-electron chi connectivity index (χ2n) is 1.20. The minimum atomic E-state index is -1.22. The quantitative estimate of drug-likeness (QED) is 0.357. The number of carboxylic acid groups (broad SMARTS) is 1. The number of alkyl halides is 1. The first kappa shape index (κ1) is 8.23. The standard InChI is InChI=1S/C4H5ClO4/c5-2-9-4(8)1-3(6)7/h1-2H2,(H,6,7). The van der Waals surface area contributed by atoms with E-state index < -0.39 is 18.4 Å². The van der Waals surface area contributed by atoms with Gasteiger partial charge in [-0.25, -0.2) is 0 Å². The molecule has 4 nitrogen and oxygen atoms in total. The van der Waals surface area contributed by atoms with Crippen LogP contribution in [-0.4, -0.2) is 23.1 Å². The molecular formula is C4H5ClO4. The molecule has 0 saturated carbocycles. The molecule has 0 heterocycles. The van der Waals surface area contributed by atoms with E-state index in [0.29, 0.717) is 0 Å². The van der Waals surface area contributed by atoms with E-state index in [1.807, 2.05) is 0 Å². The van der Waals surface area contributed by atoms with Crippen molar-refractivity contribution in [1.82, 2.24) is 0 Å². The molecule has 1 N–H and O–H groups in total. The molecule has 0 unspecified atom stereocenters. The Morgan fingerprint density at radius 1 is 1.56 bits per heavy atom. The molecule has 0 aromatic heterocycles. The maximum atomic E-state index is 10.2. The van der Waals surface area contributed by atoms with Crippen molar-refractivity contribution in [3.8, 4) is 0 Å². The van der Waals surface area contributed by atoms with E-state index in [2.05, 4.69) is 4.74 Å². The van der Waals surface area contributed by atoms with Crippen LogP contribution in [0.3, 0.4) is 0 Å². The maximum Gasteiger partial charge on any atom is 0.318 e. The van der Waals surface area contributed by atoms with Crippen molar-refractivity contribution in [2.24, 2.45) is 0 Å². The first-order chi connectivity index (χ1) is 4.16. The van der Waals surface area contributed by atoms with Gasteiger partial charge in [-0.05, 0) is 0 Å². The fourth-order valence-electron chi connectivity index (χ4n) is 0.235. The molecule has 0 fully saturated rings. The lowest BCUT2D eigenvalue weighted by atomic mass is 10.4. The number of carbonyl (C=O) groups is 2. The summed E-state index contributed by atoms with van der Waals surface area (Å²) in [5.41, 5.74) is 0. The first-order valence-corrected chi connectivity index (χ1v) is 2.63. The zero-order chi connectivity index (χ0) is 7.28. The average Bonchev–Trinajstić information content (AvgIpc) is 1.63. The van der Waals surface area contributed by atoms with Crippen LogP contribution in [0.5, 0.6) is 0 Å².